The molecule has 4 rings (SSSR count). The van der Waals surface area contributed by atoms with E-state index in [0.717, 1.165) is 23.3 Å². The number of carbonyl (C=O) groups excluding carboxylic acids is 4. The van der Waals surface area contributed by atoms with Crippen LogP contribution in [0.4, 0.5) is 9.18 Å². The van der Waals surface area contributed by atoms with Crippen LogP contribution >= 0.6 is 0 Å². The van der Waals surface area contributed by atoms with Crippen molar-refractivity contribution in [2.75, 3.05) is 26.2 Å². The van der Waals surface area contributed by atoms with Gasteiger partial charge in [0.05, 0.1) is 6.42 Å². The van der Waals surface area contributed by atoms with Crippen molar-refractivity contribution in [2.24, 2.45) is 0 Å². The largest absolute Gasteiger partial charge is 0.339 e. The van der Waals surface area contributed by atoms with Crippen LogP contribution in [0.15, 0.2) is 24.3 Å². The zero-order valence-corrected chi connectivity index (χ0v) is 17.6. The quantitative estimate of drug-likeness (QED) is 0.729. The molecule has 1 saturated carbocycles. The predicted octanol–water partition coefficient (Wildman–Crippen LogP) is 1.29. The van der Waals surface area contributed by atoms with E-state index in [1.165, 1.54) is 12.1 Å². The first-order chi connectivity index (χ1) is 14.8. The van der Waals surface area contributed by atoms with Crippen LogP contribution in [-0.2, 0) is 20.8 Å². The molecule has 1 aromatic rings. The Kier molecular flexibility index (Phi) is 5.68. The van der Waals surface area contributed by atoms with Gasteiger partial charge in [0.25, 0.3) is 5.91 Å². The summed E-state index contributed by atoms with van der Waals surface area (Å²) in [6.45, 7) is 3.02. The Morgan fingerprint density at radius 1 is 1.03 bits per heavy atom. The number of rotatable bonds is 4. The summed E-state index contributed by atoms with van der Waals surface area (Å²) in [7, 11) is 0. The Morgan fingerprint density at radius 2 is 1.61 bits per heavy atom. The smallest absolute Gasteiger partial charge is 0.325 e. The molecule has 0 radical (unpaired) electrons. The fourth-order valence-corrected chi connectivity index (χ4v) is 4.75. The van der Waals surface area contributed by atoms with E-state index in [1.807, 2.05) is 0 Å². The van der Waals surface area contributed by atoms with Gasteiger partial charge in [-0.25, -0.2) is 14.1 Å². The number of hydrogen-bond acceptors (Lipinski definition) is 4. The number of amides is 5. The zero-order valence-electron chi connectivity index (χ0n) is 17.6. The van der Waals surface area contributed by atoms with Crippen molar-refractivity contribution in [1.29, 1.82) is 0 Å². The van der Waals surface area contributed by atoms with Gasteiger partial charge in [0, 0.05) is 26.2 Å². The van der Waals surface area contributed by atoms with Crippen LogP contribution < -0.4 is 5.32 Å². The summed E-state index contributed by atoms with van der Waals surface area (Å²) >= 11 is 0. The lowest BCUT2D eigenvalue weighted by molar-refractivity contribution is -0.145. The molecule has 2 saturated heterocycles. The molecule has 166 valence electrons. The maximum Gasteiger partial charge on any atom is 0.325 e. The number of carbonyl (C=O) groups is 4. The topological polar surface area (TPSA) is 90.0 Å². The summed E-state index contributed by atoms with van der Waals surface area (Å²) in [6.07, 6.45) is 3.18. The van der Waals surface area contributed by atoms with Crippen molar-refractivity contribution in [3.05, 3.63) is 35.6 Å². The molecule has 3 fully saturated rings. The van der Waals surface area contributed by atoms with Crippen molar-refractivity contribution in [1.82, 2.24) is 20.0 Å². The molecular formula is C22H27FN4O4. The lowest BCUT2D eigenvalue weighted by Crippen LogP contribution is -2.56. The van der Waals surface area contributed by atoms with E-state index >= 15 is 0 Å². The average molecular weight is 430 g/mol. The normalized spacial score (nSPS) is 21.5. The number of imide groups is 1. The van der Waals surface area contributed by atoms with Crippen molar-refractivity contribution < 1.29 is 23.6 Å². The van der Waals surface area contributed by atoms with Gasteiger partial charge in [-0.05, 0) is 37.5 Å². The molecule has 0 aromatic heterocycles. The van der Waals surface area contributed by atoms with E-state index in [4.69, 9.17) is 0 Å². The molecule has 1 N–H and O–H groups in total. The van der Waals surface area contributed by atoms with E-state index in [0.29, 0.717) is 39.0 Å². The number of nitrogens with one attached hydrogen (secondary N) is 1. The monoisotopic (exact) mass is 430 g/mol. The fourth-order valence-electron chi connectivity index (χ4n) is 4.75. The minimum Gasteiger partial charge on any atom is -0.339 e. The Labute approximate surface area is 180 Å². The molecule has 1 aliphatic carbocycles. The van der Waals surface area contributed by atoms with Gasteiger partial charge in [-0.15, -0.1) is 0 Å². The van der Waals surface area contributed by atoms with Crippen molar-refractivity contribution >= 4 is 23.8 Å². The molecule has 31 heavy (non-hydrogen) atoms. The van der Waals surface area contributed by atoms with Gasteiger partial charge >= 0.3 is 6.03 Å². The molecule has 1 aromatic carbocycles. The van der Waals surface area contributed by atoms with Crippen molar-refractivity contribution in [3.63, 3.8) is 0 Å². The van der Waals surface area contributed by atoms with Gasteiger partial charge in [0.15, 0.2) is 0 Å². The van der Waals surface area contributed by atoms with E-state index in [1.54, 1.807) is 28.9 Å². The summed E-state index contributed by atoms with van der Waals surface area (Å²) in [5.74, 6) is -1.02. The van der Waals surface area contributed by atoms with Gasteiger partial charge in [0.1, 0.15) is 17.4 Å². The lowest BCUT2D eigenvalue weighted by Gasteiger charge is -2.37. The number of benzene rings is 1. The molecule has 0 bridgehead atoms. The minimum absolute atomic E-state index is 0.0796. The first-order valence-electron chi connectivity index (χ1n) is 10.8. The third-order valence-electron chi connectivity index (χ3n) is 6.61. The highest BCUT2D eigenvalue weighted by Crippen LogP contribution is 2.36. The van der Waals surface area contributed by atoms with Crippen LogP contribution in [-0.4, -0.2) is 76.2 Å². The maximum absolute atomic E-state index is 13.0. The van der Waals surface area contributed by atoms with Crippen molar-refractivity contribution in [3.8, 4) is 0 Å². The molecular weight excluding hydrogens is 403 g/mol. The van der Waals surface area contributed by atoms with Crippen molar-refractivity contribution in [2.45, 2.75) is 50.6 Å². The predicted molar refractivity (Wildman–Crippen MR) is 109 cm³/mol. The first kappa shape index (κ1) is 21.3. The third kappa shape index (κ3) is 4.00. The van der Waals surface area contributed by atoms with Gasteiger partial charge in [-0.1, -0.05) is 25.0 Å². The summed E-state index contributed by atoms with van der Waals surface area (Å²) in [4.78, 5) is 55.2. The average Bonchev–Trinajstić information content (AvgIpc) is 3.33. The Balaban J connectivity index is 1.32. The first-order valence-corrected chi connectivity index (χ1v) is 10.8. The van der Waals surface area contributed by atoms with Gasteiger partial charge < -0.3 is 15.1 Å². The highest BCUT2D eigenvalue weighted by molar-refractivity contribution is 6.10. The number of piperazine rings is 1. The second-order valence-corrected chi connectivity index (χ2v) is 8.58. The number of halogens is 1. The third-order valence-corrected chi connectivity index (χ3v) is 6.61. The van der Waals surface area contributed by atoms with Crippen LogP contribution in [0.5, 0.6) is 0 Å². The number of nitrogens with zero attached hydrogens (tertiary/aromatic N) is 3. The Hall–Kier alpha value is -2.97. The van der Waals surface area contributed by atoms with Gasteiger partial charge in [0.2, 0.25) is 11.8 Å². The van der Waals surface area contributed by atoms with E-state index in [9.17, 15) is 23.6 Å². The summed E-state index contributed by atoms with van der Waals surface area (Å²) in [5, 5.41) is 2.81. The van der Waals surface area contributed by atoms with Crippen LogP contribution in [0.3, 0.4) is 0 Å². The molecule has 1 spiro atoms. The van der Waals surface area contributed by atoms with Crippen LogP contribution in [0.25, 0.3) is 0 Å². The molecule has 2 heterocycles. The molecule has 8 nitrogen and oxygen atoms in total. The number of urea groups is 1. The van der Waals surface area contributed by atoms with Gasteiger partial charge in [-0.3, -0.25) is 14.4 Å². The molecule has 1 unspecified atom stereocenters. The zero-order chi connectivity index (χ0) is 22.2. The fraction of sp³-hybridized carbons (Fsp3) is 0.545. The molecule has 1 atom stereocenters. The van der Waals surface area contributed by atoms with Crippen LogP contribution in [0.2, 0.25) is 0 Å². The summed E-state index contributed by atoms with van der Waals surface area (Å²) in [5.41, 5.74) is -0.102. The SMILES string of the molecule is CC(C(=O)N1CCN(C(=O)Cc2ccc(F)cc2)CC1)N1C(=O)NC2(CCCC2)C1=O. The lowest BCUT2D eigenvalue weighted by atomic mass is 9.97. The Morgan fingerprint density at radius 3 is 2.23 bits per heavy atom. The van der Waals surface area contributed by atoms with Gasteiger partial charge in [-0.2, -0.15) is 0 Å². The summed E-state index contributed by atoms with van der Waals surface area (Å²) < 4.78 is 13.0. The minimum atomic E-state index is -0.881. The van der Waals surface area contributed by atoms with E-state index < -0.39 is 17.6 Å². The highest BCUT2D eigenvalue weighted by Gasteiger charge is 2.54. The van der Waals surface area contributed by atoms with E-state index in [2.05, 4.69) is 5.32 Å². The van der Waals surface area contributed by atoms with Crippen LogP contribution in [0.1, 0.15) is 38.2 Å². The Bertz CT molecular complexity index is 889. The molecule has 3 aliphatic rings. The second-order valence-electron chi connectivity index (χ2n) is 8.58. The highest BCUT2D eigenvalue weighted by atomic mass is 19.1. The number of hydrogen-bond donors (Lipinski definition) is 1. The van der Waals surface area contributed by atoms with E-state index in [-0.39, 0.29) is 30.0 Å². The molecule has 9 heteroatoms. The maximum atomic E-state index is 13.0. The van der Waals surface area contributed by atoms with Crippen LogP contribution in [0, 0.1) is 5.82 Å². The standard InChI is InChI=1S/C22H27FN4O4/c1-15(27-20(30)22(24-21(27)31)8-2-3-9-22)19(29)26-12-10-25(11-13-26)18(28)14-16-4-6-17(23)7-5-16/h4-7,15H,2-3,8-14H2,1H3,(H,24,31). The molecule has 5 amide bonds. The summed E-state index contributed by atoms with van der Waals surface area (Å²) in [6, 6.07) is 4.45. The second kappa shape index (κ2) is 8.28. The molecule has 2 aliphatic heterocycles.